The van der Waals surface area contributed by atoms with Gasteiger partial charge in [-0.3, -0.25) is 14.5 Å². The third kappa shape index (κ3) is 3.19. The molecule has 1 saturated heterocycles. The summed E-state index contributed by atoms with van der Waals surface area (Å²) in [6.45, 7) is 2.13. The van der Waals surface area contributed by atoms with E-state index in [0.29, 0.717) is 33.8 Å². The largest absolute Gasteiger partial charge is 0.478 e. The molecule has 0 radical (unpaired) electrons. The highest BCUT2D eigenvalue weighted by molar-refractivity contribution is 6.22. The number of aromatic nitrogens is 1. The summed E-state index contributed by atoms with van der Waals surface area (Å²) in [7, 11) is 0. The van der Waals surface area contributed by atoms with Crippen molar-refractivity contribution in [3.63, 3.8) is 0 Å². The van der Waals surface area contributed by atoms with Crippen LogP contribution in [0.2, 0.25) is 0 Å². The lowest BCUT2D eigenvalue weighted by atomic mass is 9.76. The second-order valence-corrected chi connectivity index (χ2v) is 8.57. The second kappa shape index (κ2) is 7.30. The average molecular weight is 414 g/mol. The van der Waals surface area contributed by atoms with E-state index in [1.54, 1.807) is 42.5 Å². The third-order valence-corrected chi connectivity index (χ3v) is 6.53. The average Bonchev–Trinajstić information content (AvgIpc) is 3.02. The molecule has 3 aromatic rings. The molecule has 0 bridgehead atoms. The van der Waals surface area contributed by atoms with Crippen molar-refractivity contribution in [2.75, 3.05) is 4.90 Å². The molecule has 2 heterocycles. The molecule has 2 aromatic carbocycles. The molecule has 1 saturated carbocycles. The molecule has 1 N–H and O–H groups in total. The van der Waals surface area contributed by atoms with Crippen LogP contribution in [-0.2, 0) is 9.59 Å². The van der Waals surface area contributed by atoms with Crippen molar-refractivity contribution >= 4 is 34.4 Å². The Morgan fingerprint density at radius 2 is 1.77 bits per heavy atom. The molecule has 2 amide bonds. The van der Waals surface area contributed by atoms with Crippen molar-refractivity contribution in [3.8, 4) is 11.3 Å². The zero-order valence-electron chi connectivity index (χ0n) is 17.1. The van der Waals surface area contributed by atoms with E-state index in [2.05, 4.69) is 11.9 Å². The lowest BCUT2D eigenvalue weighted by molar-refractivity contribution is -0.122. The van der Waals surface area contributed by atoms with Crippen LogP contribution in [0.25, 0.3) is 22.2 Å². The van der Waals surface area contributed by atoms with Crippen molar-refractivity contribution in [2.24, 2.45) is 17.8 Å². The number of para-hydroxylation sites is 1. The number of hydrogen-bond donors (Lipinski definition) is 1. The SMILES string of the molecule is CC1CCC2C(=O)N(c3cccc(-c4cc(C(=O)O)c5ccccc5n4)c3)C(=O)C2C1. The van der Waals surface area contributed by atoms with Gasteiger partial charge in [-0.1, -0.05) is 37.3 Å². The summed E-state index contributed by atoms with van der Waals surface area (Å²) in [6, 6.07) is 15.7. The molecule has 3 unspecified atom stereocenters. The summed E-state index contributed by atoms with van der Waals surface area (Å²) in [5.74, 6) is -1.31. The Morgan fingerprint density at radius 1 is 1.00 bits per heavy atom. The van der Waals surface area contributed by atoms with Crippen LogP contribution in [0.15, 0.2) is 54.6 Å². The van der Waals surface area contributed by atoms with Gasteiger partial charge in [-0.15, -0.1) is 0 Å². The van der Waals surface area contributed by atoms with Gasteiger partial charge in [0.1, 0.15) is 0 Å². The zero-order chi connectivity index (χ0) is 21.7. The van der Waals surface area contributed by atoms with Crippen LogP contribution in [0.5, 0.6) is 0 Å². The molecular formula is C25H22N2O4. The van der Waals surface area contributed by atoms with Gasteiger partial charge in [0.05, 0.1) is 34.3 Å². The molecule has 6 nitrogen and oxygen atoms in total. The van der Waals surface area contributed by atoms with Crippen molar-refractivity contribution < 1.29 is 19.5 Å². The first kappa shape index (κ1) is 19.4. The van der Waals surface area contributed by atoms with E-state index in [0.717, 1.165) is 19.3 Å². The van der Waals surface area contributed by atoms with Gasteiger partial charge in [-0.05, 0) is 49.4 Å². The standard InChI is InChI=1S/C25H22N2O4/c1-14-9-10-18-19(11-14)24(29)27(23(18)28)16-6-4-5-15(12-16)22-13-20(25(30)31)17-7-2-3-8-21(17)26-22/h2-8,12-14,18-19H,9-11H2,1H3,(H,30,31). The molecule has 3 atom stereocenters. The number of carboxylic acids is 1. The van der Waals surface area contributed by atoms with E-state index >= 15 is 0 Å². The topological polar surface area (TPSA) is 87.6 Å². The van der Waals surface area contributed by atoms with Gasteiger partial charge in [0.2, 0.25) is 11.8 Å². The van der Waals surface area contributed by atoms with Crippen LogP contribution in [0.3, 0.4) is 0 Å². The highest BCUT2D eigenvalue weighted by atomic mass is 16.4. The van der Waals surface area contributed by atoms with Crippen molar-refractivity contribution in [1.29, 1.82) is 0 Å². The van der Waals surface area contributed by atoms with E-state index in [9.17, 15) is 19.5 Å². The number of fused-ring (bicyclic) bond motifs is 2. The predicted molar refractivity (Wildman–Crippen MR) is 117 cm³/mol. The number of carbonyl (C=O) groups is 3. The summed E-state index contributed by atoms with van der Waals surface area (Å²) in [6.07, 6.45) is 2.47. The maximum Gasteiger partial charge on any atom is 0.336 e. The second-order valence-electron chi connectivity index (χ2n) is 8.57. The Labute approximate surface area is 179 Å². The maximum atomic E-state index is 13.1. The van der Waals surface area contributed by atoms with Gasteiger partial charge in [-0.25, -0.2) is 9.78 Å². The van der Waals surface area contributed by atoms with E-state index in [4.69, 9.17) is 0 Å². The van der Waals surface area contributed by atoms with Crippen molar-refractivity contribution in [3.05, 3.63) is 60.2 Å². The molecule has 5 rings (SSSR count). The fraction of sp³-hybridized carbons (Fsp3) is 0.280. The lowest BCUT2D eigenvalue weighted by Gasteiger charge is -2.25. The van der Waals surface area contributed by atoms with Gasteiger partial charge in [0.15, 0.2) is 0 Å². The highest BCUT2D eigenvalue weighted by Crippen LogP contribution is 2.42. The van der Waals surface area contributed by atoms with E-state index in [-0.39, 0.29) is 29.2 Å². The molecule has 2 aliphatic rings. The first-order chi connectivity index (χ1) is 14.9. The summed E-state index contributed by atoms with van der Waals surface area (Å²) >= 11 is 0. The Morgan fingerprint density at radius 3 is 2.58 bits per heavy atom. The zero-order valence-corrected chi connectivity index (χ0v) is 17.1. The van der Waals surface area contributed by atoms with Crippen LogP contribution >= 0.6 is 0 Å². The molecule has 6 heteroatoms. The van der Waals surface area contributed by atoms with Crippen LogP contribution in [0.4, 0.5) is 5.69 Å². The fourth-order valence-corrected chi connectivity index (χ4v) is 4.95. The number of nitrogens with zero attached hydrogens (tertiary/aromatic N) is 2. The number of rotatable bonds is 3. The molecule has 31 heavy (non-hydrogen) atoms. The Hall–Kier alpha value is -3.54. The third-order valence-electron chi connectivity index (χ3n) is 6.53. The van der Waals surface area contributed by atoms with Crippen LogP contribution in [0.1, 0.15) is 36.5 Å². The summed E-state index contributed by atoms with van der Waals surface area (Å²) < 4.78 is 0. The van der Waals surface area contributed by atoms with E-state index in [1.165, 1.54) is 4.90 Å². The Bertz CT molecular complexity index is 1240. The first-order valence-electron chi connectivity index (χ1n) is 10.6. The van der Waals surface area contributed by atoms with Gasteiger partial charge in [0, 0.05) is 10.9 Å². The quantitative estimate of drug-likeness (QED) is 0.637. The van der Waals surface area contributed by atoms with Crippen molar-refractivity contribution in [2.45, 2.75) is 26.2 Å². The molecule has 1 aromatic heterocycles. The minimum absolute atomic E-state index is 0.128. The van der Waals surface area contributed by atoms with Gasteiger partial charge < -0.3 is 5.11 Å². The number of hydrogen-bond acceptors (Lipinski definition) is 4. The monoisotopic (exact) mass is 414 g/mol. The summed E-state index contributed by atoms with van der Waals surface area (Å²) in [5.41, 5.74) is 2.41. The minimum atomic E-state index is -1.03. The maximum absolute atomic E-state index is 13.1. The number of imide groups is 1. The Kier molecular flexibility index (Phi) is 4.58. The van der Waals surface area contributed by atoms with Gasteiger partial charge >= 0.3 is 5.97 Å². The van der Waals surface area contributed by atoms with E-state index < -0.39 is 5.97 Å². The smallest absolute Gasteiger partial charge is 0.336 e. The predicted octanol–water partition coefficient (Wildman–Crippen LogP) is 4.53. The normalized spacial score (nSPS) is 23.3. The molecule has 0 spiro atoms. The molecule has 1 aliphatic heterocycles. The van der Waals surface area contributed by atoms with Crippen LogP contribution in [-0.4, -0.2) is 27.9 Å². The number of carboxylic acid groups (broad SMARTS) is 1. The Balaban J connectivity index is 1.57. The molecule has 1 aliphatic carbocycles. The van der Waals surface area contributed by atoms with E-state index in [1.807, 2.05) is 12.1 Å². The number of amides is 2. The molecular weight excluding hydrogens is 392 g/mol. The number of pyridine rings is 1. The number of benzene rings is 2. The number of anilines is 1. The summed E-state index contributed by atoms with van der Waals surface area (Å²) in [4.78, 5) is 43.9. The number of carbonyl (C=O) groups excluding carboxylic acids is 2. The van der Waals surface area contributed by atoms with Gasteiger partial charge in [0.25, 0.3) is 0 Å². The molecule has 156 valence electrons. The van der Waals surface area contributed by atoms with Crippen molar-refractivity contribution in [1.82, 2.24) is 4.98 Å². The highest BCUT2D eigenvalue weighted by Gasteiger charge is 2.49. The lowest BCUT2D eigenvalue weighted by Crippen LogP contribution is -2.30. The van der Waals surface area contributed by atoms with Crippen LogP contribution < -0.4 is 4.90 Å². The van der Waals surface area contributed by atoms with Crippen LogP contribution in [0, 0.1) is 17.8 Å². The minimum Gasteiger partial charge on any atom is -0.478 e. The fourth-order valence-electron chi connectivity index (χ4n) is 4.95. The number of aromatic carboxylic acids is 1. The first-order valence-corrected chi connectivity index (χ1v) is 10.6. The summed E-state index contributed by atoms with van der Waals surface area (Å²) in [5, 5.41) is 10.2. The molecule has 2 fully saturated rings. The van der Waals surface area contributed by atoms with Gasteiger partial charge in [-0.2, -0.15) is 0 Å².